The normalized spacial score (nSPS) is 15.3. The number of piperidine rings is 1. The van der Waals surface area contributed by atoms with Crippen molar-refractivity contribution in [2.75, 3.05) is 31.3 Å². The van der Waals surface area contributed by atoms with Crippen LogP contribution < -0.4 is 4.90 Å². The van der Waals surface area contributed by atoms with E-state index in [9.17, 15) is 9.00 Å². The van der Waals surface area contributed by atoms with Crippen LogP contribution in [0.4, 0.5) is 5.82 Å². The average molecular weight is 489 g/mol. The summed E-state index contributed by atoms with van der Waals surface area (Å²) in [5.41, 5.74) is 2.25. The first kappa shape index (κ1) is 23.2. The van der Waals surface area contributed by atoms with Crippen molar-refractivity contribution in [3.8, 4) is 11.4 Å². The Morgan fingerprint density at radius 2 is 1.69 bits per heavy atom. The lowest BCUT2D eigenvalue weighted by atomic mass is 10.0. The number of carbonyl (C=O) groups excluding carboxylic acids is 1. The number of carbonyl (C=O) groups is 1. The third kappa shape index (κ3) is 4.32. The van der Waals surface area contributed by atoms with Crippen molar-refractivity contribution < 1.29 is 9.00 Å². The minimum Gasteiger partial charge on any atom is -0.354 e. The van der Waals surface area contributed by atoms with Gasteiger partial charge in [-0.05, 0) is 31.0 Å². The first-order valence-electron chi connectivity index (χ1n) is 11.6. The number of amides is 1. The van der Waals surface area contributed by atoms with Gasteiger partial charge >= 0.3 is 0 Å². The Hall–Kier alpha value is -3.59. The summed E-state index contributed by atoms with van der Waals surface area (Å²) >= 11 is 0. The summed E-state index contributed by atoms with van der Waals surface area (Å²) in [5.74, 6) is 0.783. The van der Waals surface area contributed by atoms with Crippen molar-refractivity contribution >= 4 is 33.3 Å². The number of hydrogen-bond donors (Lipinski definition) is 0. The summed E-state index contributed by atoms with van der Waals surface area (Å²) in [4.78, 5) is 17.9. The first-order chi connectivity index (χ1) is 17.0. The monoisotopic (exact) mass is 488 g/mol. The summed E-state index contributed by atoms with van der Waals surface area (Å²) in [6.45, 7) is 1.54. The zero-order valence-corrected chi connectivity index (χ0v) is 20.9. The third-order valence-electron chi connectivity index (χ3n) is 6.79. The Bertz CT molecular complexity index is 1410. The maximum atomic E-state index is 13.2. The summed E-state index contributed by atoms with van der Waals surface area (Å²) < 4.78 is 13.9. The second kappa shape index (κ2) is 9.58. The molecule has 1 aliphatic heterocycles. The van der Waals surface area contributed by atoms with Crippen LogP contribution in [0.25, 0.3) is 22.2 Å². The molecule has 0 N–H and O–H groups in total. The minimum absolute atomic E-state index is 0.0833. The van der Waals surface area contributed by atoms with Crippen LogP contribution in [0.3, 0.4) is 0 Å². The van der Waals surface area contributed by atoms with Crippen LogP contribution in [0.5, 0.6) is 0 Å². The number of anilines is 1. The number of rotatable bonds is 5. The van der Waals surface area contributed by atoms with Gasteiger partial charge in [-0.15, -0.1) is 10.2 Å². The van der Waals surface area contributed by atoms with Gasteiger partial charge in [0.1, 0.15) is 5.69 Å². The molecule has 4 aromatic rings. The summed E-state index contributed by atoms with van der Waals surface area (Å²) in [6, 6.07) is 17.4. The fourth-order valence-electron chi connectivity index (χ4n) is 4.83. The predicted octanol–water partition coefficient (Wildman–Crippen LogP) is 3.51. The van der Waals surface area contributed by atoms with Gasteiger partial charge in [-0.1, -0.05) is 36.4 Å². The standard InChI is InChI=1S/C26H28N6O2S/c1-30(26(33)21-10-6-7-11-23(21)35(3)34)18-13-16-32(17-14-18)25-20-9-5-4-8-19(20)24(28-29-25)22-12-15-27-31(22)2/h4-12,15,18H,13-14,16-17H2,1-3H3. The van der Waals surface area contributed by atoms with Crippen molar-refractivity contribution in [1.29, 1.82) is 0 Å². The predicted molar refractivity (Wildman–Crippen MR) is 138 cm³/mol. The molecule has 1 unspecified atom stereocenters. The lowest BCUT2D eigenvalue weighted by Crippen LogP contribution is -2.46. The molecule has 0 saturated carbocycles. The zero-order valence-electron chi connectivity index (χ0n) is 20.1. The van der Waals surface area contributed by atoms with Crippen LogP contribution in [0.1, 0.15) is 23.2 Å². The molecule has 35 heavy (non-hydrogen) atoms. The molecule has 5 rings (SSSR count). The second-order valence-electron chi connectivity index (χ2n) is 8.84. The Kier molecular flexibility index (Phi) is 6.34. The van der Waals surface area contributed by atoms with Gasteiger partial charge in [0.25, 0.3) is 5.91 Å². The van der Waals surface area contributed by atoms with E-state index >= 15 is 0 Å². The highest BCUT2D eigenvalue weighted by atomic mass is 32.2. The van der Waals surface area contributed by atoms with Gasteiger partial charge in [-0.25, -0.2) is 0 Å². The molecule has 3 heterocycles. The molecule has 1 atom stereocenters. The number of fused-ring (bicyclic) bond motifs is 1. The molecule has 180 valence electrons. The number of aryl methyl sites for hydroxylation is 1. The molecule has 0 spiro atoms. The largest absolute Gasteiger partial charge is 0.354 e. The van der Waals surface area contributed by atoms with E-state index < -0.39 is 10.8 Å². The van der Waals surface area contributed by atoms with Gasteiger partial charge in [0, 0.05) is 56.5 Å². The Labute approximate surface area is 207 Å². The molecule has 0 radical (unpaired) electrons. The van der Waals surface area contributed by atoms with Crippen LogP contribution in [0.2, 0.25) is 0 Å². The van der Waals surface area contributed by atoms with E-state index in [0.717, 1.165) is 53.9 Å². The summed E-state index contributed by atoms with van der Waals surface area (Å²) in [5, 5.41) is 15.6. The van der Waals surface area contributed by atoms with Crippen molar-refractivity contribution in [1.82, 2.24) is 24.9 Å². The SMILES string of the molecule is CN(C(=O)c1ccccc1S(C)=O)C1CCN(c2nnc(-c3ccnn3C)c3ccccc23)CC1. The van der Waals surface area contributed by atoms with Gasteiger partial charge in [0.05, 0.1) is 27.0 Å². The van der Waals surface area contributed by atoms with Crippen LogP contribution in [-0.4, -0.2) is 67.4 Å². The van der Waals surface area contributed by atoms with E-state index in [4.69, 9.17) is 0 Å². The van der Waals surface area contributed by atoms with Crippen LogP contribution in [-0.2, 0) is 17.8 Å². The number of aromatic nitrogens is 4. The highest BCUT2D eigenvalue weighted by molar-refractivity contribution is 7.84. The maximum Gasteiger partial charge on any atom is 0.255 e. The van der Waals surface area contributed by atoms with E-state index in [2.05, 4.69) is 32.3 Å². The van der Waals surface area contributed by atoms with Crippen molar-refractivity contribution in [3.63, 3.8) is 0 Å². The van der Waals surface area contributed by atoms with Gasteiger partial charge in [-0.2, -0.15) is 5.10 Å². The second-order valence-corrected chi connectivity index (χ2v) is 10.2. The van der Waals surface area contributed by atoms with Gasteiger partial charge in [-0.3, -0.25) is 13.7 Å². The fraction of sp³-hybridized carbons (Fsp3) is 0.308. The molecule has 1 aliphatic rings. The lowest BCUT2D eigenvalue weighted by Gasteiger charge is -2.37. The van der Waals surface area contributed by atoms with Gasteiger partial charge in [0.15, 0.2) is 5.82 Å². The highest BCUT2D eigenvalue weighted by Crippen LogP contribution is 2.32. The maximum absolute atomic E-state index is 13.2. The van der Waals surface area contributed by atoms with E-state index in [1.807, 2.05) is 44.4 Å². The smallest absolute Gasteiger partial charge is 0.255 e. The number of nitrogens with zero attached hydrogens (tertiary/aromatic N) is 6. The quantitative estimate of drug-likeness (QED) is 0.428. The number of benzene rings is 2. The molecule has 2 aromatic carbocycles. The zero-order chi connectivity index (χ0) is 24.5. The van der Waals surface area contributed by atoms with Crippen LogP contribution in [0.15, 0.2) is 65.7 Å². The Morgan fingerprint density at radius 1 is 1.00 bits per heavy atom. The van der Waals surface area contributed by atoms with Crippen molar-refractivity contribution in [2.24, 2.45) is 7.05 Å². The van der Waals surface area contributed by atoms with E-state index in [1.165, 1.54) is 0 Å². The first-order valence-corrected chi connectivity index (χ1v) is 13.2. The lowest BCUT2D eigenvalue weighted by molar-refractivity contribution is 0.0705. The Balaban J connectivity index is 1.36. The molecule has 1 amide bonds. The molecule has 0 bridgehead atoms. The molecule has 8 nitrogen and oxygen atoms in total. The van der Waals surface area contributed by atoms with Crippen molar-refractivity contribution in [2.45, 2.75) is 23.8 Å². The van der Waals surface area contributed by atoms with E-state index in [-0.39, 0.29) is 11.9 Å². The van der Waals surface area contributed by atoms with Crippen LogP contribution >= 0.6 is 0 Å². The molecule has 1 fully saturated rings. The van der Waals surface area contributed by atoms with Crippen molar-refractivity contribution in [3.05, 3.63) is 66.4 Å². The minimum atomic E-state index is -1.22. The fourth-order valence-corrected chi connectivity index (χ4v) is 5.57. The number of hydrogen-bond acceptors (Lipinski definition) is 6. The van der Waals surface area contributed by atoms with Crippen LogP contribution in [0, 0.1) is 0 Å². The molecule has 1 saturated heterocycles. The summed E-state index contributed by atoms with van der Waals surface area (Å²) in [7, 11) is 2.53. The van der Waals surface area contributed by atoms with Gasteiger partial charge in [0.2, 0.25) is 0 Å². The van der Waals surface area contributed by atoms with Gasteiger partial charge < -0.3 is 9.80 Å². The van der Waals surface area contributed by atoms with E-state index in [0.29, 0.717) is 10.5 Å². The molecule has 0 aliphatic carbocycles. The van der Waals surface area contributed by atoms with E-state index in [1.54, 1.807) is 34.2 Å². The molecule has 2 aromatic heterocycles. The topological polar surface area (TPSA) is 84.2 Å². The highest BCUT2D eigenvalue weighted by Gasteiger charge is 2.29. The molecule has 9 heteroatoms. The third-order valence-corrected chi connectivity index (χ3v) is 7.77. The molecular weight excluding hydrogens is 460 g/mol. The molecular formula is C26H28N6O2S. The summed E-state index contributed by atoms with van der Waals surface area (Å²) in [6.07, 6.45) is 5.01. The average Bonchev–Trinajstić information content (AvgIpc) is 3.32. The Morgan fingerprint density at radius 3 is 2.37 bits per heavy atom.